The summed E-state index contributed by atoms with van der Waals surface area (Å²) >= 11 is 0. The van der Waals surface area contributed by atoms with Crippen molar-refractivity contribution in [1.82, 2.24) is 0 Å². The molecule has 0 aliphatic carbocycles. The number of aromatic carboxylic acids is 1. The van der Waals surface area contributed by atoms with E-state index in [1.54, 1.807) is 12.1 Å². The van der Waals surface area contributed by atoms with Gasteiger partial charge in [0.15, 0.2) is 0 Å². The lowest BCUT2D eigenvalue weighted by Gasteiger charge is -2.18. The van der Waals surface area contributed by atoms with E-state index < -0.39 is 11.9 Å². The Bertz CT molecular complexity index is 943. The number of benzene rings is 3. The van der Waals surface area contributed by atoms with Crippen LogP contribution in [0.15, 0.2) is 84.9 Å². The minimum absolute atomic E-state index is 0.0242. The van der Waals surface area contributed by atoms with Gasteiger partial charge in [0.05, 0.1) is 17.7 Å². The summed E-state index contributed by atoms with van der Waals surface area (Å²) in [5.74, 6) is -1.29. The molecule has 0 amide bonds. The Kier molecular flexibility index (Phi) is 9.05. The van der Waals surface area contributed by atoms with Crippen LogP contribution < -0.4 is 0 Å². The number of carbonyl (C=O) groups is 2. The molecule has 0 atom stereocenters. The van der Waals surface area contributed by atoms with Crippen molar-refractivity contribution in [3.8, 4) is 0 Å². The highest BCUT2D eigenvalue weighted by molar-refractivity contribution is 6.02. The minimum Gasteiger partial charge on any atom is -0.478 e. The number of carboxylic acids is 1. The lowest BCUT2D eigenvalue weighted by atomic mass is 9.87. The minimum atomic E-state index is -1.12. The number of carboxylic acid groups (broad SMARTS) is 1. The number of rotatable bonds is 12. The molecule has 3 aromatic rings. The molecule has 0 heterocycles. The van der Waals surface area contributed by atoms with Gasteiger partial charge in [0, 0.05) is 5.92 Å². The molecule has 32 heavy (non-hydrogen) atoms. The Labute approximate surface area is 189 Å². The van der Waals surface area contributed by atoms with Crippen molar-refractivity contribution in [2.45, 2.75) is 44.4 Å². The van der Waals surface area contributed by atoms with Crippen LogP contribution in [0.25, 0.3) is 0 Å². The van der Waals surface area contributed by atoms with Gasteiger partial charge >= 0.3 is 11.9 Å². The molecule has 0 radical (unpaired) electrons. The van der Waals surface area contributed by atoms with Crippen LogP contribution in [0.5, 0.6) is 0 Å². The molecule has 0 aliphatic rings. The van der Waals surface area contributed by atoms with Crippen molar-refractivity contribution in [1.29, 1.82) is 0 Å². The van der Waals surface area contributed by atoms with Gasteiger partial charge in [-0.15, -0.1) is 0 Å². The third-order valence-corrected chi connectivity index (χ3v) is 5.65. The van der Waals surface area contributed by atoms with Crippen molar-refractivity contribution in [3.63, 3.8) is 0 Å². The summed E-state index contributed by atoms with van der Waals surface area (Å²) in [6, 6.07) is 27.5. The predicted octanol–water partition coefficient (Wildman–Crippen LogP) is 6.71. The third kappa shape index (κ3) is 6.81. The molecule has 0 saturated carbocycles. The van der Waals surface area contributed by atoms with E-state index in [1.165, 1.54) is 23.3 Å². The Hall–Kier alpha value is -3.40. The molecule has 0 unspecified atom stereocenters. The molecule has 0 aliphatic heterocycles. The molecule has 0 fully saturated rings. The molecule has 1 N–H and O–H groups in total. The average molecular weight is 431 g/mol. The first-order chi connectivity index (χ1) is 15.7. The summed E-state index contributed by atoms with van der Waals surface area (Å²) in [6.07, 6.45) is 6.22. The van der Waals surface area contributed by atoms with Crippen LogP contribution in [0.3, 0.4) is 0 Å². The van der Waals surface area contributed by atoms with E-state index >= 15 is 0 Å². The molecule has 4 nitrogen and oxygen atoms in total. The van der Waals surface area contributed by atoms with E-state index in [2.05, 4.69) is 60.7 Å². The quantitative estimate of drug-likeness (QED) is 0.256. The first-order valence-electron chi connectivity index (χ1n) is 11.3. The van der Waals surface area contributed by atoms with Crippen LogP contribution in [0, 0.1) is 0 Å². The van der Waals surface area contributed by atoms with E-state index in [9.17, 15) is 14.7 Å². The van der Waals surface area contributed by atoms with Crippen molar-refractivity contribution < 1.29 is 19.4 Å². The maximum atomic E-state index is 12.2. The number of ether oxygens (including phenoxy) is 1. The summed E-state index contributed by atoms with van der Waals surface area (Å²) < 4.78 is 5.28. The molecule has 3 rings (SSSR count). The number of carbonyl (C=O) groups excluding carboxylic acids is 1. The maximum absolute atomic E-state index is 12.2. The fourth-order valence-electron chi connectivity index (χ4n) is 3.97. The van der Waals surface area contributed by atoms with Gasteiger partial charge in [0.25, 0.3) is 0 Å². The van der Waals surface area contributed by atoms with Crippen LogP contribution in [0.1, 0.15) is 76.3 Å². The Morgan fingerprint density at radius 3 is 1.75 bits per heavy atom. The summed E-state index contributed by atoms with van der Waals surface area (Å²) in [6.45, 7) is 0.309. The third-order valence-electron chi connectivity index (χ3n) is 5.65. The fourth-order valence-corrected chi connectivity index (χ4v) is 3.97. The molecule has 166 valence electrons. The first-order valence-corrected chi connectivity index (χ1v) is 11.3. The van der Waals surface area contributed by atoms with E-state index in [4.69, 9.17) is 4.74 Å². The monoisotopic (exact) mass is 430 g/mol. The van der Waals surface area contributed by atoms with Crippen LogP contribution in [0.2, 0.25) is 0 Å². The average Bonchev–Trinajstić information content (AvgIpc) is 2.84. The Morgan fingerprint density at radius 2 is 1.16 bits per heavy atom. The number of hydrogen-bond acceptors (Lipinski definition) is 3. The Balaban J connectivity index is 1.37. The number of unbranched alkanes of at least 4 members (excludes halogenated alkanes) is 4. The molecular weight excluding hydrogens is 400 g/mol. The summed E-state index contributed by atoms with van der Waals surface area (Å²) in [4.78, 5) is 23.4. The van der Waals surface area contributed by atoms with Crippen LogP contribution >= 0.6 is 0 Å². The predicted molar refractivity (Wildman–Crippen MR) is 126 cm³/mol. The second-order valence-corrected chi connectivity index (χ2v) is 7.92. The highest BCUT2D eigenvalue weighted by Gasteiger charge is 2.17. The van der Waals surface area contributed by atoms with Gasteiger partial charge < -0.3 is 9.84 Å². The highest BCUT2D eigenvalue weighted by Crippen LogP contribution is 2.30. The van der Waals surface area contributed by atoms with Gasteiger partial charge in [0.1, 0.15) is 0 Å². The van der Waals surface area contributed by atoms with Gasteiger partial charge in [-0.1, -0.05) is 98.5 Å². The number of esters is 1. The Morgan fingerprint density at radius 1 is 0.656 bits per heavy atom. The SMILES string of the molecule is O=C(O)c1ccccc1C(=O)OCCCCCCCC(c1ccccc1)c1ccccc1. The van der Waals surface area contributed by atoms with E-state index in [-0.39, 0.29) is 11.1 Å². The molecule has 3 aromatic carbocycles. The van der Waals surface area contributed by atoms with E-state index in [0.29, 0.717) is 12.5 Å². The molecule has 0 bridgehead atoms. The first kappa shape index (κ1) is 23.3. The maximum Gasteiger partial charge on any atom is 0.339 e. The fraction of sp³-hybridized carbons (Fsp3) is 0.286. The van der Waals surface area contributed by atoms with Crippen LogP contribution in [-0.2, 0) is 4.74 Å². The molecule has 4 heteroatoms. The van der Waals surface area contributed by atoms with Crippen molar-refractivity contribution >= 4 is 11.9 Å². The van der Waals surface area contributed by atoms with E-state index in [0.717, 1.165) is 38.5 Å². The van der Waals surface area contributed by atoms with Gasteiger partial charge in [-0.3, -0.25) is 0 Å². The van der Waals surface area contributed by atoms with E-state index in [1.807, 2.05) is 0 Å². The van der Waals surface area contributed by atoms with Crippen LogP contribution in [0.4, 0.5) is 0 Å². The topological polar surface area (TPSA) is 63.6 Å². The zero-order valence-corrected chi connectivity index (χ0v) is 18.3. The highest BCUT2D eigenvalue weighted by atomic mass is 16.5. The zero-order valence-electron chi connectivity index (χ0n) is 18.3. The normalized spacial score (nSPS) is 10.8. The van der Waals surface area contributed by atoms with Crippen molar-refractivity contribution in [2.24, 2.45) is 0 Å². The second kappa shape index (κ2) is 12.5. The molecule has 0 saturated heterocycles. The van der Waals surface area contributed by atoms with Crippen molar-refractivity contribution in [3.05, 3.63) is 107 Å². The van der Waals surface area contributed by atoms with Crippen molar-refractivity contribution in [2.75, 3.05) is 6.61 Å². The second-order valence-electron chi connectivity index (χ2n) is 7.92. The summed E-state index contributed by atoms with van der Waals surface area (Å²) in [7, 11) is 0. The van der Waals surface area contributed by atoms with Gasteiger partial charge in [0.2, 0.25) is 0 Å². The standard InChI is InChI=1S/C28H30O4/c29-27(30)25-19-11-12-20-26(25)28(31)32-21-13-3-1-2-10-18-24(22-14-6-4-7-15-22)23-16-8-5-9-17-23/h4-9,11-12,14-17,19-20,24H,1-3,10,13,18,21H2,(H,29,30). The zero-order chi connectivity index (χ0) is 22.6. The van der Waals surface area contributed by atoms with Gasteiger partial charge in [-0.25, -0.2) is 9.59 Å². The summed E-state index contributed by atoms with van der Waals surface area (Å²) in [5, 5.41) is 9.18. The van der Waals surface area contributed by atoms with Gasteiger partial charge in [-0.2, -0.15) is 0 Å². The smallest absolute Gasteiger partial charge is 0.339 e. The number of hydrogen-bond donors (Lipinski definition) is 1. The lowest BCUT2D eigenvalue weighted by molar-refractivity contribution is 0.0487. The molecule has 0 aromatic heterocycles. The largest absolute Gasteiger partial charge is 0.478 e. The lowest BCUT2D eigenvalue weighted by Crippen LogP contribution is -2.12. The molecular formula is C28H30O4. The summed E-state index contributed by atoms with van der Waals surface area (Å²) in [5.41, 5.74) is 2.79. The molecule has 0 spiro atoms. The van der Waals surface area contributed by atoms with Crippen LogP contribution in [-0.4, -0.2) is 23.7 Å². The van der Waals surface area contributed by atoms with Gasteiger partial charge in [-0.05, 0) is 36.1 Å².